The summed E-state index contributed by atoms with van der Waals surface area (Å²) in [5.41, 5.74) is 0. The van der Waals surface area contributed by atoms with Gasteiger partial charge in [0.05, 0.1) is 18.6 Å². The van der Waals surface area contributed by atoms with Gasteiger partial charge in [0.25, 0.3) is 0 Å². The van der Waals surface area contributed by atoms with E-state index < -0.39 is 18.2 Å². The highest BCUT2D eigenvalue weighted by atomic mass is 19.4. The molecule has 0 bridgehead atoms. The molecule has 5 heteroatoms. The molecule has 1 aliphatic rings. The van der Waals surface area contributed by atoms with Crippen LogP contribution in [0.25, 0.3) is 0 Å². The van der Waals surface area contributed by atoms with E-state index >= 15 is 0 Å². The Hall–Kier alpha value is -0.290. The first kappa shape index (κ1) is 14.8. The van der Waals surface area contributed by atoms with Crippen molar-refractivity contribution in [3.63, 3.8) is 0 Å². The van der Waals surface area contributed by atoms with Gasteiger partial charge < -0.3 is 9.84 Å². The number of halogens is 3. The maximum absolute atomic E-state index is 12.6. The zero-order chi connectivity index (χ0) is 12.9. The fourth-order valence-electron chi connectivity index (χ4n) is 2.36. The molecule has 17 heavy (non-hydrogen) atoms. The van der Waals surface area contributed by atoms with Crippen LogP contribution in [-0.2, 0) is 4.74 Å². The Labute approximate surface area is 100 Å². The van der Waals surface area contributed by atoms with Gasteiger partial charge in [-0.1, -0.05) is 13.3 Å². The van der Waals surface area contributed by atoms with Gasteiger partial charge in [0.2, 0.25) is 0 Å². The fraction of sp³-hybridized carbons (Fsp3) is 1.00. The minimum absolute atomic E-state index is 0.0418. The third-order valence-corrected chi connectivity index (χ3v) is 3.36. The van der Waals surface area contributed by atoms with E-state index in [0.29, 0.717) is 19.4 Å². The lowest BCUT2D eigenvalue weighted by Crippen LogP contribution is -2.35. The average Bonchev–Trinajstić information content (AvgIpc) is 2.28. The third kappa shape index (κ3) is 4.84. The van der Waals surface area contributed by atoms with Gasteiger partial charge in [-0.05, 0) is 31.6 Å². The summed E-state index contributed by atoms with van der Waals surface area (Å²) in [6.07, 6.45) is -2.58. The van der Waals surface area contributed by atoms with Crippen molar-refractivity contribution in [3.05, 3.63) is 0 Å². The zero-order valence-corrected chi connectivity index (χ0v) is 10.2. The molecule has 1 N–H and O–H groups in total. The minimum atomic E-state index is -4.12. The second kappa shape index (κ2) is 6.59. The maximum atomic E-state index is 12.6. The Morgan fingerprint density at radius 3 is 2.65 bits per heavy atom. The molecule has 0 aliphatic heterocycles. The van der Waals surface area contributed by atoms with Crippen LogP contribution in [0.2, 0.25) is 0 Å². The largest absolute Gasteiger partial charge is 0.391 e. The van der Waals surface area contributed by atoms with Gasteiger partial charge in [-0.2, -0.15) is 13.2 Å². The van der Waals surface area contributed by atoms with E-state index in [9.17, 15) is 18.3 Å². The number of alkyl halides is 3. The number of rotatable bonds is 5. The normalized spacial score (nSPS) is 28.1. The van der Waals surface area contributed by atoms with Crippen molar-refractivity contribution in [2.24, 2.45) is 11.8 Å². The lowest BCUT2D eigenvalue weighted by atomic mass is 9.78. The molecule has 2 nitrogen and oxygen atoms in total. The average molecular weight is 254 g/mol. The lowest BCUT2D eigenvalue weighted by molar-refractivity contribution is -0.189. The van der Waals surface area contributed by atoms with Crippen molar-refractivity contribution in [2.75, 3.05) is 13.2 Å². The summed E-state index contributed by atoms with van der Waals surface area (Å²) >= 11 is 0. The van der Waals surface area contributed by atoms with Crippen molar-refractivity contribution in [2.45, 2.75) is 51.3 Å². The number of hydrogen-bond donors (Lipinski definition) is 1. The molecule has 1 fully saturated rings. The number of aliphatic hydroxyl groups excluding tert-OH is 1. The van der Waals surface area contributed by atoms with Crippen LogP contribution in [0, 0.1) is 11.8 Å². The van der Waals surface area contributed by atoms with Gasteiger partial charge in [-0.3, -0.25) is 0 Å². The molecule has 0 saturated heterocycles. The third-order valence-electron chi connectivity index (χ3n) is 3.36. The predicted octanol–water partition coefficient (Wildman–Crippen LogP) is 3.14. The molecular formula is C12H21F3O2. The molecule has 0 spiro atoms. The van der Waals surface area contributed by atoms with Crippen molar-refractivity contribution < 1.29 is 23.0 Å². The molecule has 0 aromatic rings. The van der Waals surface area contributed by atoms with E-state index in [1.807, 2.05) is 6.92 Å². The second-order valence-corrected chi connectivity index (χ2v) is 4.81. The van der Waals surface area contributed by atoms with Crippen LogP contribution in [0.1, 0.15) is 39.0 Å². The van der Waals surface area contributed by atoms with E-state index in [4.69, 9.17) is 4.74 Å². The van der Waals surface area contributed by atoms with Crippen molar-refractivity contribution in [3.8, 4) is 0 Å². The van der Waals surface area contributed by atoms with Gasteiger partial charge in [0.15, 0.2) is 0 Å². The standard InChI is InChI=1S/C12H21F3O2/c1-2-6-17-8-11(16)9-4-3-5-10(7-9)12(13,14)15/h9-11,16H,2-8H2,1H3. The molecular weight excluding hydrogens is 233 g/mol. The van der Waals surface area contributed by atoms with Crippen LogP contribution in [0.3, 0.4) is 0 Å². The first-order chi connectivity index (χ1) is 7.95. The Balaban J connectivity index is 2.38. The molecule has 102 valence electrons. The Morgan fingerprint density at radius 1 is 1.35 bits per heavy atom. The molecule has 1 saturated carbocycles. The van der Waals surface area contributed by atoms with Crippen molar-refractivity contribution in [1.29, 1.82) is 0 Å². The molecule has 1 rings (SSSR count). The van der Waals surface area contributed by atoms with Gasteiger partial charge >= 0.3 is 6.18 Å². The maximum Gasteiger partial charge on any atom is 0.391 e. The monoisotopic (exact) mass is 254 g/mol. The minimum Gasteiger partial charge on any atom is -0.390 e. The molecule has 3 atom stereocenters. The van der Waals surface area contributed by atoms with E-state index in [0.717, 1.165) is 6.42 Å². The first-order valence-electron chi connectivity index (χ1n) is 6.27. The van der Waals surface area contributed by atoms with Crippen LogP contribution >= 0.6 is 0 Å². The fourth-order valence-corrected chi connectivity index (χ4v) is 2.36. The molecule has 3 unspecified atom stereocenters. The molecule has 0 radical (unpaired) electrons. The highest BCUT2D eigenvalue weighted by Crippen LogP contribution is 2.40. The van der Waals surface area contributed by atoms with E-state index in [-0.39, 0.29) is 25.4 Å². The second-order valence-electron chi connectivity index (χ2n) is 4.81. The summed E-state index contributed by atoms with van der Waals surface area (Å²) in [5, 5.41) is 9.79. The summed E-state index contributed by atoms with van der Waals surface area (Å²) in [7, 11) is 0. The quantitative estimate of drug-likeness (QED) is 0.764. The summed E-state index contributed by atoms with van der Waals surface area (Å²) < 4.78 is 42.9. The van der Waals surface area contributed by atoms with Crippen LogP contribution in [0.15, 0.2) is 0 Å². The van der Waals surface area contributed by atoms with Gasteiger partial charge in [0.1, 0.15) is 0 Å². The summed E-state index contributed by atoms with van der Waals surface area (Å²) in [6, 6.07) is 0. The number of ether oxygens (including phenoxy) is 1. The molecule has 0 amide bonds. The van der Waals surface area contributed by atoms with Crippen LogP contribution in [0.5, 0.6) is 0 Å². The summed E-state index contributed by atoms with van der Waals surface area (Å²) in [4.78, 5) is 0. The van der Waals surface area contributed by atoms with Gasteiger partial charge in [-0.25, -0.2) is 0 Å². The van der Waals surface area contributed by atoms with E-state index in [2.05, 4.69) is 0 Å². The Morgan fingerprint density at radius 2 is 2.06 bits per heavy atom. The predicted molar refractivity (Wildman–Crippen MR) is 58.6 cm³/mol. The van der Waals surface area contributed by atoms with Gasteiger partial charge in [-0.15, -0.1) is 0 Å². The molecule has 0 aromatic heterocycles. The smallest absolute Gasteiger partial charge is 0.390 e. The van der Waals surface area contributed by atoms with Gasteiger partial charge in [0, 0.05) is 6.61 Å². The van der Waals surface area contributed by atoms with E-state index in [1.54, 1.807) is 0 Å². The van der Waals surface area contributed by atoms with Crippen LogP contribution in [-0.4, -0.2) is 30.6 Å². The summed E-state index contributed by atoms with van der Waals surface area (Å²) in [6.45, 7) is 2.65. The number of aliphatic hydroxyl groups is 1. The van der Waals surface area contributed by atoms with E-state index in [1.165, 1.54) is 0 Å². The first-order valence-corrected chi connectivity index (χ1v) is 6.27. The Kier molecular flexibility index (Phi) is 5.73. The molecule has 0 heterocycles. The summed E-state index contributed by atoms with van der Waals surface area (Å²) in [5.74, 6) is -1.52. The number of hydrogen-bond acceptors (Lipinski definition) is 2. The zero-order valence-electron chi connectivity index (χ0n) is 10.2. The van der Waals surface area contributed by atoms with Crippen molar-refractivity contribution >= 4 is 0 Å². The van der Waals surface area contributed by atoms with Crippen molar-refractivity contribution in [1.82, 2.24) is 0 Å². The highest BCUT2D eigenvalue weighted by molar-refractivity contribution is 4.81. The molecule has 0 aromatic carbocycles. The lowest BCUT2D eigenvalue weighted by Gasteiger charge is -2.33. The van der Waals surface area contributed by atoms with Crippen LogP contribution < -0.4 is 0 Å². The molecule has 1 aliphatic carbocycles. The Bertz CT molecular complexity index is 218. The topological polar surface area (TPSA) is 29.5 Å². The van der Waals surface area contributed by atoms with Crippen LogP contribution in [0.4, 0.5) is 13.2 Å². The highest BCUT2D eigenvalue weighted by Gasteiger charge is 2.43. The SMILES string of the molecule is CCCOCC(O)C1CCCC(C(F)(F)F)C1.